The predicted octanol–water partition coefficient (Wildman–Crippen LogP) is 1.71. The van der Waals surface area contributed by atoms with E-state index in [0.29, 0.717) is 10.4 Å². The molecule has 0 aliphatic carbocycles. The van der Waals surface area contributed by atoms with Gasteiger partial charge in [-0.05, 0) is 24.3 Å². The summed E-state index contributed by atoms with van der Waals surface area (Å²) in [5.74, 6) is -1.03. The molecule has 0 radical (unpaired) electrons. The molecule has 2 rings (SSSR count). The molecule has 0 bridgehead atoms. The smallest absolute Gasteiger partial charge is 0.321 e. The molecule has 86 valence electrons. The first-order valence-corrected chi connectivity index (χ1v) is 4.92. The summed E-state index contributed by atoms with van der Waals surface area (Å²) < 4.78 is 13.3. The Morgan fingerprint density at radius 2 is 2.06 bits per heavy atom. The summed E-state index contributed by atoms with van der Waals surface area (Å²) in [6.45, 7) is 0. The van der Waals surface area contributed by atoms with E-state index in [-0.39, 0.29) is 5.69 Å². The van der Waals surface area contributed by atoms with Crippen LogP contribution < -0.4 is 10.0 Å². The molecule has 1 N–H and O–H groups in total. The number of carbonyl (C=O) groups is 1. The Kier molecular flexibility index (Phi) is 3.00. The van der Waals surface area contributed by atoms with Crippen LogP contribution in [0.5, 0.6) is 0 Å². The maximum atomic E-state index is 12.9. The lowest BCUT2D eigenvalue weighted by Gasteiger charge is -2.05. The average molecular weight is 232 g/mol. The monoisotopic (exact) mass is 232 g/mol. The number of benzene rings is 1. The Bertz CT molecular complexity index is 558. The van der Waals surface area contributed by atoms with Gasteiger partial charge >= 0.3 is 5.91 Å². The fourth-order valence-electron chi connectivity index (χ4n) is 1.37. The summed E-state index contributed by atoms with van der Waals surface area (Å²) in [6.07, 6.45) is 1.22. The maximum Gasteiger partial charge on any atom is 0.321 e. The van der Waals surface area contributed by atoms with Gasteiger partial charge in [-0.15, -0.1) is 0 Å². The van der Waals surface area contributed by atoms with Crippen molar-refractivity contribution in [1.82, 2.24) is 0 Å². The number of nitrogens with one attached hydrogen (secondary N) is 1. The Hall–Kier alpha value is -2.43. The number of nitrogens with zero attached hydrogens (tertiary/aromatic N) is 1. The van der Waals surface area contributed by atoms with Crippen molar-refractivity contribution < 1.29 is 13.9 Å². The second kappa shape index (κ2) is 4.61. The molecule has 0 aliphatic heterocycles. The van der Waals surface area contributed by atoms with Crippen LogP contribution in [0.15, 0.2) is 48.7 Å². The van der Waals surface area contributed by atoms with Gasteiger partial charge in [0.05, 0.1) is 0 Å². The Morgan fingerprint density at radius 1 is 1.24 bits per heavy atom. The van der Waals surface area contributed by atoms with Crippen LogP contribution in [0.2, 0.25) is 0 Å². The largest absolute Gasteiger partial charge is 0.618 e. The fraction of sp³-hybridized carbons (Fsp3) is 0. The quantitative estimate of drug-likeness (QED) is 0.633. The molecular weight excluding hydrogens is 223 g/mol. The average Bonchev–Trinajstić information content (AvgIpc) is 2.29. The summed E-state index contributed by atoms with van der Waals surface area (Å²) in [4.78, 5) is 11.7. The van der Waals surface area contributed by atoms with Crippen LogP contribution >= 0.6 is 0 Å². The predicted molar refractivity (Wildman–Crippen MR) is 59.8 cm³/mol. The molecule has 1 heterocycles. The molecule has 0 aliphatic rings. The highest BCUT2D eigenvalue weighted by molar-refractivity contribution is 6.01. The van der Waals surface area contributed by atoms with Gasteiger partial charge in [0.15, 0.2) is 6.20 Å². The molecule has 1 aromatic carbocycles. The van der Waals surface area contributed by atoms with Crippen molar-refractivity contribution in [3.8, 4) is 0 Å². The number of pyridine rings is 1. The first kappa shape index (κ1) is 11.1. The SMILES string of the molecule is O=C(Nc1cccc(F)c1)c1cccc[n+]1[O-]. The number of hydrogen-bond donors (Lipinski definition) is 1. The van der Waals surface area contributed by atoms with E-state index in [1.807, 2.05) is 0 Å². The Labute approximate surface area is 96.9 Å². The summed E-state index contributed by atoms with van der Waals surface area (Å²) in [5.41, 5.74) is 0.260. The summed E-state index contributed by atoms with van der Waals surface area (Å²) in [6, 6.07) is 9.95. The standard InChI is InChI=1S/C12H9FN2O2/c13-9-4-3-5-10(8-9)14-12(16)11-6-1-2-7-15(11)17/h1-8H,(H,14,16). The van der Waals surface area contributed by atoms with E-state index in [4.69, 9.17) is 0 Å². The first-order valence-electron chi connectivity index (χ1n) is 4.92. The van der Waals surface area contributed by atoms with Gasteiger partial charge < -0.3 is 10.5 Å². The number of amides is 1. The molecule has 4 nitrogen and oxygen atoms in total. The molecule has 1 aromatic heterocycles. The number of aromatic nitrogens is 1. The normalized spacial score (nSPS) is 9.94. The van der Waals surface area contributed by atoms with Crippen LogP contribution in [0.4, 0.5) is 10.1 Å². The van der Waals surface area contributed by atoms with Gasteiger partial charge in [-0.1, -0.05) is 6.07 Å². The number of rotatable bonds is 2. The van der Waals surface area contributed by atoms with Crippen LogP contribution in [0.1, 0.15) is 10.5 Å². The third-order valence-electron chi connectivity index (χ3n) is 2.14. The summed E-state index contributed by atoms with van der Waals surface area (Å²) in [7, 11) is 0. The number of anilines is 1. The Balaban J connectivity index is 2.20. The summed E-state index contributed by atoms with van der Waals surface area (Å²) >= 11 is 0. The molecule has 0 spiro atoms. The molecule has 17 heavy (non-hydrogen) atoms. The van der Waals surface area contributed by atoms with E-state index in [1.165, 1.54) is 36.5 Å². The lowest BCUT2D eigenvalue weighted by Crippen LogP contribution is -2.36. The van der Waals surface area contributed by atoms with Crippen molar-refractivity contribution in [1.29, 1.82) is 0 Å². The van der Waals surface area contributed by atoms with Crippen LogP contribution in [0, 0.1) is 11.0 Å². The van der Waals surface area contributed by atoms with Gasteiger partial charge in [0.2, 0.25) is 0 Å². The zero-order valence-electron chi connectivity index (χ0n) is 8.76. The van der Waals surface area contributed by atoms with E-state index < -0.39 is 11.7 Å². The molecule has 0 saturated heterocycles. The topological polar surface area (TPSA) is 56.0 Å². The first-order chi connectivity index (χ1) is 8.16. The van der Waals surface area contributed by atoms with Crippen LogP contribution in [-0.4, -0.2) is 5.91 Å². The highest BCUT2D eigenvalue weighted by Gasteiger charge is 2.14. The van der Waals surface area contributed by atoms with Crippen LogP contribution in [0.25, 0.3) is 0 Å². The van der Waals surface area contributed by atoms with Crippen LogP contribution in [-0.2, 0) is 0 Å². The minimum atomic E-state index is -0.578. The van der Waals surface area contributed by atoms with E-state index in [9.17, 15) is 14.4 Å². The zero-order valence-corrected chi connectivity index (χ0v) is 8.76. The molecule has 0 fully saturated rings. The molecular formula is C12H9FN2O2. The van der Waals surface area contributed by atoms with Gasteiger partial charge in [0.25, 0.3) is 5.69 Å². The zero-order chi connectivity index (χ0) is 12.3. The number of carbonyl (C=O) groups excluding carboxylic acids is 1. The van der Waals surface area contributed by atoms with Crippen molar-refractivity contribution in [3.63, 3.8) is 0 Å². The Morgan fingerprint density at radius 3 is 2.76 bits per heavy atom. The molecule has 1 amide bonds. The van der Waals surface area contributed by atoms with E-state index in [1.54, 1.807) is 12.1 Å². The number of hydrogen-bond acceptors (Lipinski definition) is 2. The third-order valence-corrected chi connectivity index (χ3v) is 2.14. The minimum absolute atomic E-state index is 0.0447. The molecule has 0 unspecified atom stereocenters. The van der Waals surface area contributed by atoms with Crippen molar-refractivity contribution in [2.75, 3.05) is 5.32 Å². The van der Waals surface area contributed by atoms with Crippen LogP contribution in [0.3, 0.4) is 0 Å². The molecule has 5 heteroatoms. The number of halogens is 1. The van der Waals surface area contributed by atoms with Gasteiger partial charge in [0, 0.05) is 17.8 Å². The second-order valence-corrected chi connectivity index (χ2v) is 3.38. The van der Waals surface area contributed by atoms with E-state index in [0.717, 1.165) is 0 Å². The van der Waals surface area contributed by atoms with E-state index in [2.05, 4.69) is 5.32 Å². The fourth-order valence-corrected chi connectivity index (χ4v) is 1.37. The van der Waals surface area contributed by atoms with Crippen molar-refractivity contribution in [2.45, 2.75) is 0 Å². The lowest BCUT2D eigenvalue weighted by atomic mass is 10.3. The van der Waals surface area contributed by atoms with Gasteiger partial charge in [-0.3, -0.25) is 4.79 Å². The molecule has 0 saturated carbocycles. The van der Waals surface area contributed by atoms with Crippen molar-refractivity contribution in [3.05, 3.63) is 65.4 Å². The second-order valence-electron chi connectivity index (χ2n) is 3.38. The maximum absolute atomic E-state index is 12.9. The van der Waals surface area contributed by atoms with Crippen molar-refractivity contribution >= 4 is 11.6 Å². The highest BCUT2D eigenvalue weighted by atomic mass is 19.1. The lowest BCUT2D eigenvalue weighted by molar-refractivity contribution is -0.607. The van der Waals surface area contributed by atoms with Gasteiger partial charge in [-0.25, -0.2) is 4.39 Å². The molecule has 2 aromatic rings. The van der Waals surface area contributed by atoms with Gasteiger partial charge in [-0.2, -0.15) is 4.73 Å². The van der Waals surface area contributed by atoms with Gasteiger partial charge in [0.1, 0.15) is 5.82 Å². The highest BCUT2D eigenvalue weighted by Crippen LogP contribution is 2.09. The minimum Gasteiger partial charge on any atom is -0.618 e. The third kappa shape index (κ3) is 2.57. The van der Waals surface area contributed by atoms with Crippen molar-refractivity contribution in [2.24, 2.45) is 0 Å². The summed E-state index contributed by atoms with van der Waals surface area (Å²) in [5, 5.41) is 13.7. The molecule has 0 atom stereocenters. The van der Waals surface area contributed by atoms with E-state index >= 15 is 0 Å².